The molecule has 0 aromatic heterocycles. The lowest BCUT2D eigenvalue weighted by Crippen LogP contribution is -2.23. The first-order valence-corrected chi connectivity index (χ1v) is 7.28. The number of hydrogen-bond acceptors (Lipinski definition) is 3. The summed E-state index contributed by atoms with van der Waals surface area (Å²) < 4.78 is 10.5. The van der Waals surface area contributed by atoms with E-state index in [9.17, 15) is 0 Å². The predicted molar refractivity (Wildman–Crippen MR) is 78.9 cm³/mol. The molecule has 0 bridgehead atoms. The molecule has 1 aromatic carbocycles. The quantitative estimate of drug-likeness (QED) is 0.761. The molecule has 2 rings (SSSR count). The van der Waals surface area contributed by atoms with E-state index in [1.165, 1.54) is 31.4 Å². The molecule has 106 valence electrons. The molecule has 0 heterocycles. The van der Waals surface area contributed by atoms with Gasteiger partial charge in [-0.15, -0.1) is 0 Å². The molecule has 0 amide bonds. The van der Waals surface area contributed by atoms with Gasteiger partial charge in [0, 0.05) is 18.8 Å². The van der Waals surface area contributed by atoms with Crippen LogP contribution in [0.4, 0.5) is 5.69 Å². The molecule has 0 saturated heterocycles. The minimum absolute atomic E-state index is 0.558. The number of methoxy groups -OCH3 is 1. The Kier molecular flexibility index (Phi) is 5.52. The fourth-order valence-corrected chi connectivity index (χ4v) is 2.73. The van der Waals surface area contributed by atoms with Gasteiger partial charge in [0.1, 0.15) is 12.4 Å². The highest BCUT2D eigenvalue weighted by Gasteiger charge is 2.21. The van der Waals surface area contributed by atoms with Crippen LogP contribution in [0.5, 0.6) is 5.75 Å². The van der Waals surface area contributed by atoms with E-state index in [0.717, 1.165) is 11.7 Å². The van der Waals surface area contributed by atoms with Crippen LogP contribution in [-0.2, 0) is 4.74 Å². The van der Waals surface area contributed by atoms with E-state index in [0.29, 0.717) is 19.3 Å². The second-order valence-corrected chi connectivity index (χ2v) is 5.34. The Balaban J connectivity index is 1.80. The van der Waals surface area contributed by atoms with Crippen LogP contribution in [0.3, 0.4) is 0 Å². The highest BCUT2D eigenvalue weighted by molar-refractivity contribution is 5.47. The smallest absolute Gasteiger partial charge is 0.119 e. The molecule has 1 saturated carbocycles. The molecule has 1 fully saturated rings. The number of anilines is 1. The van der Waals surface area contributed by atoms with Gasteiger partial charge >= 0.3 is 0 Å². The topological polar surface area (TPSA) is 30.5 Å². The maximum absolute atomic E-state index is 5.55. The molecular weight excluding hydrogens is 238 g/mol. The minimum Gasteiger partial charge on any atom is -0.491 e. The van der Waals surface area contributed by atoms with Crippen molar-refractivity contribution >= 4 is 5.69 Å². The van der Waals surface area contributed by atoms with Crippen LogP contribution in [0.15, 0.2) is 24.3 Å². The third-order valence-electron chi connectivity index (χ3n) is 3.91. The lowest BCUT2D eigenvalue weighted by atomic mass is 9.99. The average Bonchev–Trinajstić information content (AvgIpc) is 2.95. The highest BCUT2D eigenvalue weighted by atomic mass is 16.5. The lowest BCUT2D eigenvalue weighted by Gasteiger charge is -2.21. The third-order valence-corrected chi connectivity index (χ3v) is 3.91. The maximum atomic E-state index is 5.55. The zero-order valence-corrected chi connectivity index (χ0v) is 12.0. The van der Waals surface area contributed by atoms with Crippen LogP contribution in [-0.4, -0.2) is 26.4 Å². The van der Waals surface area contributed by atoms with Gasteiger partial charge in [-0.05, 0) is 49.9 Å². The second kappa shape index (κ2) is 7.39. The highest BCUT2D eigenvalue weighted by Crippen LogP contribution is 2.29. The summed E-state index contributed by atoms with van der Waals surface area (Å²) in [5, 5.41) is 3.60. The molecule has 1 aliphatic rings. The average molecular weight is 263 g/mol. The van der Waals surface area contributed by atoms with Crippen LogP contribution in [0.2, 0.25) is 0 Å². The van der Waals surface area contributed by atoms with Gasteiger partial charge < -0.3 is 14.8 Å². The van der Waals surface area contributed by atoms with Crippen molar-refractivity contribution in [1.29, 1.82) is 0 Å². The predicted octanol–water partition coefficient (Wildman–Crippen LogP) is 3.70. The van der Waals surface area contributed by atoms with Gasteiger partial charge in [-0.25, -0.2) is 0 Å². The molecule has 3 nitrogen and oxygen atoms in total. The van der Waals surface area contributed by atoms with E-state index >= 15 is 0 Å². The lowest BCUT2D eigenvalue weighted by molar-refractivity contribution is 0.146. The third kappa shape index (κ3) is 4.43. The summed E-state index contributed by atoms with van der Waals surface area (Å²) in [5.41, 5.74) is 1.18. The van der Waals surface area contributed by atoms with Gasteiger partial charge in [-0.3, -0.25) is 0 Å². The number of nitrogens with one attached hydrogen (secondary N) is 1. The van der Waals surface area contributed by atoms with Crippen LogP contribution >= 0.6 is 0 Å². The van der Waals surface area contributed by atoms with Crippen molar-refractivity contribution in [2.45, 2.75) is 38.6 Å². The van der Waals surface area contributed by atoms with Crippen molar-refractivity contribution in [2.24, 2.45) is 5.92 Å². The summed E-state index contributed by atoms with van der Waals surface area (Å²) in [6, 6.07) is 8.77. The van der Waals surface area contributed by atoms with Crippen molar-refractivity contribution in [3.8, 4) is 5.75 Å². The van der Waals surface area contributed by atoms with Crippen LogP contribution in [0.1, 0.15) is 32.6 Å². The molecule has 1 aromatic rings. The monoisotopic (exact) mass is 263 g/mol. The van der Waals surface area contributed by atoms with Gasteiger partial charge in [0.15, 0.2) is 0 Å². The number of ether oxygens (including phenoxy) is 2. The second-order valence-electron chi connectivity index (χ2n) is 5.34. The van der Waals surface area contributed by atoms with Crippen molar-refractivity contribution in [1.82, 2.24) is 0 Å². The van der Waals surface area contributed by atoms with Gasteiger partial charge in [0.25, 0.3) is 0 Å². The Hall–Kier alpha value is -1.22. The Labute approximate surface area is 116 Å². The zero-order chi connectivity index (χ0) is 13.5. The van der Waals surface area contributed by atoms with Gasteiger partial charge in [-0.2, -0.15) is 0 Å². The van der Waals surface area contributed by atoms with Crippen LogP contribution in [0.25, 0.3) is 0 Å². The van der Waals surface area contributed by atoms with E-state index < -0.39 is 0 Å². The summed E-state index contributed by atoms with van der Waals surface area (Å²) in [5.74, 6) is 1.73. The first kappa shape index (κ1) is 14.2. The molecular formula is C16H25NO2. The normalized spacial score (nSPS) is 17.4. The minimum atomic E-state index is 0.558. The van der Waals surface area contributed by atoms with Crippen molar-refractivity contribution < 1.29 is 9.47 Å². The zero-order valence-electron chi connectivity index (χ0n) is 12.0. The first-order valence-electron chi connectivity index (χ1n) is 7.28. The van der Waals surface area contributed by atoms with Crippen molar-refractivity contribution in [2.75, 3.05) is 25.6 Å². The van der Waals surface area contributed by atoms with E-state index in [1.807, 2.05) is 12.1 Å². The molecule has 1 unspecified atom stereocenters. The Bertz CT molecular complexity index is 358. The largest absolute Gasteiger partial charge is 0.491 e. The Morgan fingerprint density at radius 1 is 1.16 bits per heavy atom. The summed E-state index contributed by atoms with van der Waals surface area (Å²) in [6.07, 6.45) is 5.52. The van der Waals surface area contributed by atoms with E-state index in [4.69, 9.17) is 9.47 Å². The fourth-order valence-electron chi connectivity index (χ4n) is 2.73. The fraction of sp³-hybridized carbons (Fsp3) is 0.625. The van der Waals surface area contributed by atoms with Crippen LogP contribution in [0, 0.1) is 5.92 Å². The number of hydrogen-bond donors (Lipinski definition) is 1. The van der Waals surface area contributed by atoms with E-state index in [-0.39, 0.29) is 0 Å². The van der Waals surface area contributed by atoms with Gasteiger partial charge in [0.2, 0.25) is 0 Å². The number of benzene rings is 1. The molecule has 3 heteroatoms. The standard InChI is InChI=1S/C16H25NO2/c1-13(14-5-3-4-6-14)17-15-7-9-16(10-8-15)19-12-11-18-2/h7-10,13-14,17H,3-6,11-12H2,1-2H3. The summed E-state index contributed by atoms with van der Waals surface area (Å²) in [6.45, 7) is 3.51. The Morgan fingerprint density at radius 3 is 2.47 bits per heavy atom. The summed E-state index contributed by atoms with van der Waals surface area (Å²) >= 11 is 0. The SMILES string of the molecule is COCCOc1ccc(NC(C)C2CCCC2)cc1. The molecule has 1 aliphatic carbocycles. The van der Waals surface area contributed by atoms with E-state index in [1.54, 1.807) is 7.11 Å². The molecule has 0 aliphatic heterocycles. The molecule has 1 N–H and O–H groups in total. The van der Waals surface area contributed by atoms with E-state index in [2.05, 4.69) is 24.4 Å². The molecule has 1 atom stereocenters. The summed E-state index contributed by atoms with van der Waals surface area (Å²) in [7, 11) is 1.68. The molecule has 19 heavy (non-hydrogen) atoms. The van der Waals surface area contributed by atoms with Gasteiger partial charge in [-0.1, -0.05) is 12.8 Å². The molecule has 0 radical (unpaired) electrons. The van der Waals surface area contributed by atoms with Crippen molar-refractivity contribution in [3.05, 3.63) is 24.3 Å². The van der Waals surface area contributed by atoms with Crippen LogP contribution < -0.4 is 10.1 Å². The first-order chi connectivity index (χ1) is 9.29. The molecule has 0 spiro atoms. The Morgan fingerprint density at radius 2 is 1.84 bits per heavy atom. The van der Waals surface area contributed by atoms with Gasteiger partial charge in [0.05, 0.1) is 6.61 Å². The van der Waals surface area contributed by atoms with Crippen molar-refractivity contribution in [3.63, 3.8) is 0 Å². The number of rotatable bonds is 7. The maximum Gasteiger partial charge on any atom is 0.119 e. The summed E-state index contributed by atoms with van der Waals surface area (Å²) in [4.78, 5) is 0.